The van der Waals surface area contributed by atoms with Crippen LogP contribution in [0.25, 0.3) is 0 Å². The lowest BCUT2D eigenvalue weighted by Gasteiger charge is -2.29. The highest BCUT2D eigenvalue weighted by molar-refractivity contribution is 5.99. The lowest BCUT2D eigenvalue weighted by atomic mass is 10.00. The largest absolute Gasteiger partial charge is 0.465 e. The number of hydrogen-bond acceptors (Lipinski definition) is 21. The van der Waals surface area contributed by atoms with E-state index in [0.717, 1.165) is 0 Å². The zero-order chi connectivity index (χ0) is 81.3. The van der Waals surface area contributed by atoms with Gasteiger partial charge in [-0.05, 0) is 125 Å². The Morgan fingerprint density at radius 2 is 1.05 bits per heavy atom. The minimum Gasteiger partial charge on any atom is -0.465 e. The van der Waals surface area contributed by atoms with Crippen molar-refractivity contribution in [2.75, 3.05) is 45.9 Å². The first-order chi connectivity index (χ1) is 50.8. The molecule has 0 radical (unpaired) electrons. The van der Waals surface area contributed by atoms with Crippen LogP contribution in [-0.4, -0.2) is 229 Å². The highest BCUT2D eigenvalue weighted by Crippen LogP contribution is 2.14. The number of aliphatic hydroxyl groups excluding tert-OH is 2. The minimum atomic E-state index is -1.81. The molecule has 35 heteroatoms. The number of ether oxygens (including phenoxy) is 3. The maximum absolute atomic E-state index is 14.9. The number of esters is 1. The summed E-state index contributed by atoms with van der Waals surface area (Å²) in [7, 11) is 0. The molecule has 35 nitrogen and oxygen atoms in total. The van der Waals surface area contributed by atoms with E-state index in [9.17, 15) is 82.1 Å². The summed E-state index contributed by atoms with van der Waals surface area (Å²) < 4.78 is 15.6. The third-order valence-corrected chi connectivity index (χ3v) is 16.4. The first-order valence-corrected chi connectivity index (χ1v) is 37.5. The van der Waals surface area contributed by atoms with Crippen LogP contribution in [0.5, 0.6) is 0 Å². The number of nitrogens with one attached hydrogen (secondary N) is 15. The van der Waals surface area contributed by atoms with Gasteiger partial charge >= 0.3 is 18.2 Å². The molecule has 2 rings (SSSR count). The number of carbonyl (C=O) groups excluding carboxylic acids is 15. The predicted octanol–water partition coefficient (Wildman–Crippen LogP) is -0.146. The summed E-state index contributed by atoms with van der Waals surface area (Å²) in [6.07, 6.45) is -3.76. The number of alkyl carbamates (subject to hydrolysis) is 2. The summed E-state index contributed by atoms with van der Waals surface area (Å²) >= 11 is 0. The van der Waals surface area contributed by atoms with Gasteiger partial charge in [-0.2, -0.15) is 0 Å². The predicted molar refractivity (Wildman–Crippen MR) is 398 cm³/mol. The van der Waals surface area contributed by atoms with Crippen LogP contribution in [-0.2, 0) is 83.0 Å². The molecule has 14 amide bonds. The van der Waals surface area contributed by atoms with E-state index >= 15 is 0 Å². The Morgan fingerprint density at radius 1 is 0.528 bits per heavy atom. The van der Waals surface area contributed by atoms with Crippen LogP contribution in [0.2, 0.25) is 0 Å². The van der Waals surface area contributed by atoms with Gasteiger partial charge in [0, 0.05) is 65.5 Å². The van der Waals surface area contributed by atoms with Crippen LogP contribution in [0.4, 0.5) is 9.59 Å². The lowest BCUT2D eigenvalue weighted by molar-refractivity contribution is -0.141. The van der Waals surface area contributed by atoms with Gasteiger partial charge in [-0.25, -0.2) is 9.59 Å². The maximum atomic E-state index is 14.9. The van der Waals surface area contributed by atoms with Crippen LogP contribution < -0.4 is 79.8 Å². The molecular weight excluding hydrogens is 1410 g/mol. The van der Waals surface area contributed by atoms with E-state index in [1.807, 2.05) is 0 Å². The van der Waals surface area contributed by atoms with Crippen molar-refractivity contribution < 1.29 is 96.3 Å². The van der Waals surface area contributed by atoms with Gasteiger partial charge in [0.1, 0.15) is 78.2 Å². The molecule has 610 valence electrons. The van der Waals surface area contributed by atoms with Gasteiger partial charge in [0.15, 0.2) is 0 Å². The quantitative estimate of drug-likeness (QED) is 0.0234. The summed E-state index contributed by atoms with van der Waals surface area (Å²) in [6.45, 7) is 22.3. The van der Waals surface area contributed by atoms with Gasteiger partial charge in [0.2, 0.25) is 70.9 Å². The monoisotopic (exact) mass is 1530 g/mol. The highest BCUT2D eigenvalue weighted by Gasteiger charge is 2.38. The third-order valence-electron chi connectivity index (χ3n) is 16.4. The molecule has 1 saturated heterocycles. The molecule has 1 fully saturated rings. The average Bonchev–Trinajstić information content (AvgIpc) is 0.977. The zero-order valence-corrected chi connectivity index (χ0v) is 65.4. The topological polar surface area (TPSA) is 505 Å². The smallest absolute Gasteiger partial charge is 0.407 e. The number of benzene rings is 1. The number of hydrogen-bond donors (Lipinski definition) is 17. The number of aliphatic hydroxyl groups is 2. The summed E-state index contributed by atoms with van der Waals surface area (Å²) in [4.78, 5) is 207. The van der Waals surface area contributed by atoms with Crippen LogP contribution in [0.15, 0.2) is 30.3 Å². The van der Waals surface area contributed by atoms with Crippen molar-refractivity contribution in [3.8, 4) is 0 Å². The molecule has 17 N–H and O–H groups in total. The van der Waals surface area contributed by atoms with E-state index in [0.29, 0.717) is 50.9 Å². The van der Waals surface area contributed by atoms with E-state index in [-0.39, 0.29) is 95.7 Å². The van der Waals surface area contributed by atoms with Crippen molar-refractivity contribution in [2.45, 2.75) is 283 Å². The van der Waals surface area contributed by atoms with Crippen molar-refractivity contribution in [1.82, 2.24) is 79.8 Å². The molecule has 12 atom stereocenters. The molecular formula is C73H123N15O20. The van der Waals surface area contributed by atoms with Gasteiger partial charge < -0.3 is 104 Å². The van der Waals surface area contributed by atoms with Crippen LogP contribution in [0, 0.1) is 5.92 Å². The van der Waals surface area contributed by atoms with Crippen LogP contribution in [0.3, 0.4) is 0 Å². The van der Waals surface area contributed by atoms with Gasteiger partial charge in [-0.1, -0.05) is 90.6 Å². The maximum Gasteiger partial charge on any atom is 0.407 e. The SMILES string of the molecule is CCC[C@H](NC(=O)CCCCCNC(=O)CCNCCOC(C)=O)C(=O)N[C@H](C(=O)N[C@@H](CCC)C(=O)N[C@H]1CCNC(=O)[C@H]([C@@H](C)O)NC(=O)[C@H](CCNC(=O)OC(C)(C)C)NC(=O)[C@H](CCNC(=O)OC(C)(C)C)NC(=O)[C@H](CC(C)C)NC(=O)[C@@H](Cc2ccccc2)NC(=O)[C@H](CCC)NC1=O)[C@@H](C)O. The standard InChI is InChI=1S/C73H123N15O20/c1-15-24-48(79-57(93)29-22-19-23-34-75-56(92)33-35-74-39-40-106-46(8)91)64(98)88-59(45(7)90)69(103)84-50(26-17-3)60(94)81-51-30-36-76-68(102)58(44(6)89)87-65(99)53(32-38-78-71(105)108-73(12,13)14)82-63(97)52(31-37-77-70(104)107-72(9,10)11)83-66(100)54(41-43(4)5)85-67(101)55(42-47-27-20-18-21-28-47)86-61(95)49(25-16-2)80-62(51)96/h18,20-21,27-28,43-45,48-55,58-59,74,89-90H,15-17,19,22-26,29-42H2,1-14H3,(H,75,92)(H,76,102)(H,77,104)(H,78,105)(H,79,93)(H,80,96)(H,81,94)(H,82,97)(H,83,100)(H,84,103)(H,85,101)(H,86,95)(H,87,99)(H,88,98)/t44-,45-,48+,49+,50+,51+,52+,53+,54+,55-,58+,59+/m1/s1. The summed E-state index contributed by atoms with van der Waals surface area (Å²) in [5.74, 6) is -11.0. The normalized spacial score (nSPS) is 20.2. The number of rotatable bonds is 37. The number of unbranched alkanes of at least 4 members (excludes halogenated alkanes) is 2. The Balaban J connectivity index is 2.67. The summed E-state index contributed by atoms with van der Waals surface area (Å²) in [5, 5.41) is 61.7. The van der Waals surface area contributed by atoms with Crippen molar-refractivity contribution in [2.24, 2.45) is 5.92 Å². The first kappa shape index (κ1) is 94.8. The van der Waals surface area contributed by atoms with Crippen LogP contribution >= 0.6 is 0 Å². The highest BCUT2D eigenvalue weighted by atomic mass is 16.6. The van der Waals surface area contributed by atoms with Crippen molar-refractivity contribution >= 4 is 89.0 Å². The molecule has 1 aromatic carbocycles. The minimum absolute atomic E-state index is 0.0273. The zero-order valence-electron chi connectivity index (χ0n) is 65.4. The van der Waals surface area contributed by atoms with Crippen molar-refractivity contribution in [3.63, 3.8) is 0 Å². The summed E-state index contributed by atoms with van der Waals surface area (Å²) in [6, 6.07) is -6.88. The van der Waals surface area contributed by atoms with Gasteiger partial charge in [0.25, 0.3) is 0 Å². The lowest BCUT2D eigenvalue weighted by Crippen LogP contribution is -2.61. The second-order valence-electron chi connectivity index (χ2n) is 29.2. The van der Waals surface area contributed by atoms with E-state index in [1.54, 1.807) is 106 Å². The molecule has 108 heavy (non-hydrogen) atoms. The Bertz CT molecular complexity index is 3090. The molecule has 1 aromatic rings. The Hall–Kier alpha value is -9.25. The van der Waals surface area contributed by atoms with Gasteiger partial charge in [0.05, 0.1) is 12.2 Å². The molecule has 0 spiro atoms. The first-order valence-electron chi connectivity index (χ1n) is 37.5. The molecule has 0 saturated carbocycles. The molecule has 0 aromatic heterocycles. The van der Waals surface area contributed by atoms with Gasteiger partial charge in [-0.3, -0.25) is 62.3 Å². The van der Waals surface area contributed by atoms with E-state index < -0.39 is 186 Å². The van der Waals surface area contributed by atoms with Gasteiger partial charge in [-0.15, -0.1) is 0 Å². The fourth-order valence-corrected chi connectivity index (χ4v) is 10.9. The summed E-state index contributed by atoms with van der Waals surface area (Å²) in [5.41, 5.74) is -1.32. The average molecular weight is 1530 g/mol. The fourth-order valence-electron chi connectivity index (χ4n) is 10.9. The second-order valence-corrected chi connectivity index (χ2v) is 29.2. The molecule has 0 unspecified atom stereocenters. The third kappa shape index (κ3) is 39.6. The molecule has 1 heterocycles. The van der Waals surface area contributed by atoms with E-state index in [2.05, 4.69) is 79.8 Å². The van der Waals surface area contributed by atoms with Crippen molar-refractivity contribution in [1.29, 1.82) is 0 Å². The van der Waals surface area contributed by atoms with E-state index in [4.69, 9.17) is 14.2 Å². The number of amides is 14. The fraction of sp³-hybridized carbons (Fsp3) is 0.712. The van der Waals surface area contributed by atoms with Crippen molar-refractivity contribution in [3.05, 3.63) is 35.9 Å². The molecule has 0 bridgehead atoms. The molecule has 0 aliphatic carbocycles. The molecule has 1 aliphatic heterocycles. The second kappa shape index (κ2) is 49.7. The Kier molecular flexibility index (Phi) is 43.6. The molecule has 1 aliphatic rings. The number of carbonyl (C=O) groups is 15. The Morgan fingerprint density at radius 3 is 1.57 bits per heavy atom. The van der Waals surface area contributed by atoms with Crippen LogP contribution in [0.1, 0.15) is 199 Å². The Labute approximate surface area is 633 Å². The van der Waals surface area contributed by atoms with E-state index in [1.165, 1.54) is 20.8 Å².